The quantitative estimate of drug-likeness (QED) is 0.493. The zero-order valence-electron chi connectivity index (χ0n) is 24.2. The number of carbonyl (C=O) groups is 2. The number of aromatic nitrogens is 1. The molecular formula is C30H36F3N5O4. The Morgan fingerprint density at radius 3 is 2.45 bits per heavy atom. The average molecular weight is 588 g/mol. The maximum Gasteiger partial charge on any atom is 0.410 e. The number of likely N-dealkylation sites (N-methyl/N-ethyl adjacent to an activating group) is 1. The molecule has 1 aromatic heterocycles. The molecule has 2 atom stereocenters. The number of pyridine rings is 1. The van der Waals surface area contributed by atoms with Gasteiger partial charge in [-0.2, -0.15) is 0 Å². The van der Waals surface area contributed by atoms with E-state index in [0.29, 0.717) is 30.4 Å². The highest BCUT2D eigenvalue weighted by atomic mass is 19.3. The lowest BCUT2D eigenvalue weighted by molar-refractivity contribution is -0.0448. The minimum Gasteiger partial charge on any atom is -0.443 e. The van der Waals surface area contributed by atoms with E-state index in [-0.39, 0.29) is 42.0 Å². The minimum atomic E-state index is -3.05. The van der Waals surface area contributed by atoms with Crippen LogP contribution < -0.4 is 15.8 Å². The first-order chi connectivity index (χ1) is 19.8. The van der Waals surface area contributed by atoms with Gasteiger partial charge in [-0.15, -0.1) is 0 Å². The van der Waals surface area contributed by atoms with E-state index < -0.39 is 41.0 Å². The van der Waals surface area contributed by atoms with E-state index in [2.05, 4.69) is 15.2 Å². The standard InChI is InChI=1S/C30H36F3N5O4/c1-17-14-38(15-18(2)36(17)4)25-12-23(31)20(19-6-9-37(16-19)29(41)42-30(3)7-5-8-30)10-24(25)35-28(40)22-13-34-26(39)11-21(22)27(32)33/h6,10-13,17-18,27H,5,7-9,14-16H2,1-4H3,(H,34,39)(H,35,40)/t17-,18+. The van der Waals surface area contributed by atoms with Crippen LogP contribution in [0.1, 0.15) is 67.9 Å². The first kappa shape index (κ1) is 29.7. The number of halogens is 3. The first-order valence-electron chi connectivity index (χ1n) is 14.1. The van der Waals surface area contributed by atoms with Crippen LogP contribution >= 0.6 is 0 Å². The Hall–Kier alpha value is -3.80. The van der Waals surface area contributed by atoms with E-state index in [4.69, 9.17) is 4.74 Å². The molecule has 1 saturated heterocycles. The SMILES string of the molecule is C[C@@H]1CN(c2cc(F)c(C3=CCN(C(=O)OC4(C)CCC4)C3)cc2NC(=O)c2c[nH]c(=O)cc2C(F)F)C[C@H](C)N1C. The predicted molar refractivity (Wildman–Crippen MR) is 154 cm³/mol. The van der Waals surface area contributed by atoms with Crippen LogP contribution in [0.3, 0.4) is 0 Å². The molecule has 0 unspecified atom stereocenters. The highest BCUT2D eigenvalue weighted by Crippen LogP contribution is 2.38. The molecular weight excluding hydrogens is 551 g/mol. The molecule has 5 rings (SSSR count). The molecule has 2 aromatic rings. The molecule has 2 amide bonds. The summed E-state index contributed by atoms with van der Waals surface area (Å²) < 4.78 is 48.9. The lowest BCUT2D eigenvalue weighted by Crippen LogP contribution is -2.55. The first-order valence-corrected chi connectivity index (χ1v) is 14.1. The molecule has 3 heterocycles. The van der Waals surface area contributed by atoms with E-state index in [1.165, 1.54) is 17.0 Å². The fourth-order valence-corrected chi connectivity index (χ4v) is 5.77. The lowest BCUT2D eigenvalue weighted by atomic mass is 9.82. The highest BCUT2D eigenvalue weighted by Gasteiger charge is 2.38. The van der Waals surface area contributed by atoms with Gasteiger partial charge in [-0.05, 0) is 64.8 Å². The van der Waals surface area contributed by atoms with Crippen LogP contribution in [0, 0.1) is 5.82 Å². The highest BCUT2D eigenvalue weighted by molar-refractivity contribution is 6.07. The predicted octanol–water partition coefficient (Wildman–Crippen LogP) is 5.01. The van der Waals surface area contributed by atoms with Gasteiger partial charge < -0.3 is 24.8 Å². The van der Waals surface area contributed by atoms with Crippen LogP contribution in [0.2, 0.25) is 0 Å². The van der Waals surface area contributed by atoms with Crippen molar-refractivity contribution >= 4 is 28.9 Å². The number of rotatable bonds is 6. The smallest absolute Gasteiger partial charge is 0.410 e. The van der Waals surface area contributed by atoms with Crippen LogP contribution in [-0.4, -0.2) is 77.7 Å². The number of H-pyrrole nitrogens is 1. The third-order valence-corrected chi connectivity index (χ3v) is 8.74. The molecule has 42 heavy (non-hydrogen) atoms. The van der Waals surface area contributed by atoms with Crippen molar-refractivity contribution in [3.63, 3.8) is 0 Å². The van der Waals surface area contributed by atoms with Crippen molar-refractivity contribution in [1.29, 1.82) is 0 Å². The van der Waals surface area contributed by atoms with E-state index in [0.717, 1.165) is 25.5 Å². The van der Waals surface area contributed by atoms with E-state index >= 15 is 4.39 Å². The molecule has 9 nitrogen and oxygen atoms in total. The monoisotopic (exact) mass is 587 g/mol. The third-order valence-electron chi connectivity index (χ3n) is 8.74. The molecule has 1 aliphatic carbocycles. The molecule has 1 saturated carbocycles. The van der Waals surface area contributed by atoms with E-state index in [1.807, 2.05) is 32.7 Å². The number of nitrogens with one attached hydrogen (secondary N) is 2. The molecule has 2 N–H and O–H groups in total. The summed E-state index contributed by atoms with van der Waals surface area (Å²) in [5.41, 5.74) is -0.945. The normalized spacial score (nSPS) is 22.1. The van der Waals surface area contributed by atoms with E-state index in [9.17, 15) is 23.2 Å². The minimum absolute atomic E-state index is 0.122. The fourth-order valence-electron chi connectivity index (χ4n) is 5.77. The number of piperazine rings is 1. The number of nitrogens with zero attached hydrogens (tertiary/aromatic N) is 3. The zero-order valence-corrected chi connectivity index (χ0v) is 24.2. The Morgan fingerprint density at radius 1 is 1.14 bits per heavy atom. The molecule has 0 bridgehead atoms. The second-order valence-corrected chi connectivity index (χ2v) is 11.8. The summed E-state index contributed by atoms with van der Waals surface area (Å²) in [7, 11) is 2.01. The number of aromatic amines is 1. The zero-order chi connectivity index (χ0) is 30.3. The van der Waals surface area contributed by atoms with Gasteiger partial charge in [-0.25, -0.2) is 18.0 Å². The van der Waals surface area contributed by atoms with Crippen molar-refractivity contribution in [3.8, 4) is 0 Å². The molecule has 12 heteroatoms. The molecule has 2 fully saturated rings. The third kappa shape index (κ3) is 5.90. The summed E-state index contributed by atoms with van der Waals surface area (Å²) in [4.78, 5) is 45.7. The number of ether oxygens (including phenoxy) is 1. The number of anilines is 2. The fraction of sp³-hybridized carbons (Fsp3) is 0.500. The van der Waals surface area contributed by atoms with Gasteiger partial charge in [-0.3, -0.25) is 14.5 Å². The van der Waals surface area contributed by atoms with Gasteiger partial charge in [0.1, 0.15) is 11.4 Å². The van der Waals surface area contributed by atoms with Crippen molar-refractivity contribution in [3.05, 3.63) is 63.3 Å². The molecule has 0 radical (unpaired) electrons. The summed E-state index contributed by atoms with van der Waals surface area (Å²) >= 11 is 0. The topological polar surface area (TPSA) is 98.0 Å². The van der Waals surface area contributed by atoms with Crippen LogP contribution in [0.4, 0.5) is 29.3 Å². The van der Waals surface area contributed by atoms with Gasteiger partial charge in [0.05, 0.1) is 16.9 Å². The van der Waals surface area contributed by atoms with Crippen LogP contribution in [-0.2, 0) is 4.74 Å². The van der Waals surface area contributed by atoms with Crippen molar-refractivity contribution in [1.82, 2.24) is 14.8 Å². The number of carbonyl (C=O) groups excluding carboxylic acids is 2. The Bertz CT molecular complexity index is 1460. The molecule has 3 aliphatic rings. The molecule has 0 spiro atoms. The van der Waals surface area contributed by atoms with Crippen molar-refractivity contribution in [2.24, 2.45) is 0 Å². The van der Waals surface area contributed by atoms with Crippen LogP contribution in [0.25, 0.3) is 5.57 Å². The van der Waals surface area contributed by atoms with Crippen molar-refractivity contribution in [2.45, 2.75) is 64.1 Å². The largest absolute Gasteiger partial charge is 0.443 e. The van der Waals surface area contributed by atoms with Gasteiger partial charge in [0.2, 0.25) is 5.56 Å². The summed E-state index contributed by atoms with van der Waals surface area (Å²) in [6.45, 7) is 7.44. The number of benzene rings is 1. The molecule has 226 valence electrons. The van der Waals surface area contributed by atoms with Gasteiger partial charge in [0.25, 0.3) is 12.3 Å². The van der Waals surface area contributed by atoms with Gasteiger partial charge in [-0.1, -0.05) is 6.08 Å². The molecule has 1 aromatic carbocycles. The Morgan fingerprint density at radius 2 is 1.83 bits per heavy atom. The summed E-state index contributed by atoms with van der Waals surface area (Å²) in [5, 5.41) is 2.70. The number of hydrogen-bond acceptors (Lipinski definition) is 6. The van der Waals surface area contributed by atoms with E-state index in [1.54, 1.807) is 6.08 Å². The van der Waals surface area contributed by atoms with Crippen molar-refractivity contribution in [2.75, 3.05) is 43.4 Å². The van der Waals surface area contributed by atoms with Gasteiger partial charge in [0.15, 0.2) is 0 Å². The number of hydrogen-bond donors (Lipinski definition) is 2. The Balaban J connectivity index is 1.47. The maximum atomic E-state index is 15.8. The average Bonchev–Trinajstić information content (AvgIpc) is 3.41. The number of amides is 2. The molecule has 2 aliphatic heterocycles. The Labute approximate surface area is 242 Å². The summed E-state index contributed by atoms with van der Waals surface area (Å²) in [6.07, 6.45) is 1.79. The number of alkyl halides is 2. The Kier molecular flexibility index (Phi) is 8.10. The summed E-state index contributed by atoms with van der Waals surface area (Å²) in [5.74, 6) is -1.40. The van der Waals surface area contributed by atoms with Crippen LogP contribution in [0.15, 0.2) is 35.3 Å². The second-order valence-electron chi connectivity index (χ2n) is 11.8. The lowest BCUT2D eigenvalue weighted by Gasteiger charge is -2.44. The van der Waals surface area contributed by atoms with Crippen molar-refractivity contribution < 1.29 is 27.5 Å². The van der Waals surface area contributed by atoms with Gasteiger partial charge >= 0.3 is 6.09 Å². The van der Waals surface area contributed by atoms with Gasteiger partial charge in [0, 0.05) is 61.7 Å². The second kappa shape index (κ2) is 11.5. The summed E-state index contributed by atoms with van der Waals surface area (Å²) in [6, 6.07) is 3.77. The maximum absolute atomic E-state index is 15.8. The van der Waals surface area contributed by atoms with Crippen LogP contribution in [0.5, 0.6) is 0 Å².